The number of nitrogens with zero attached hydrogens (tertiary/aromatic N) is 2. The van der Waals surface area contributed by atoms with Gasteiger partial charge in [0.25, 0.3) is 0 Å². The molecular weight excluding hydrogens is 261 g/mol. The first kappa shape index (κ1) is 10.8. The second-order valence-electron chi connectivity index (χ2n) is 3.78. The molecule has 1 fully saturated rings. The van der Waals surface area contributed by atoms with Gasteiger partial charge in [0.1, 0.15) is 0 Å². The highest BCUT2D eigenvalue weighted by Crippen LogP contribution is 2.22. The van der Waals surface area contributed by atoms with Gasteiger partial charge in [0.05, 0.1) is 0 Å². The monoisotopic (exact) mass is 273 g/mol. The molecule has 2 N–H and O–H groups in total. The van der Waals surface area contributed by atoms with Crippen LogP contribution in [0.15, 0.2) is 16.7 Å². The Labute approximate surface area is 96.6 Å². The molecule has 82 valence electrons. The molecule has 5 heteroatoms. The SMILES string of the molecule is NC1CCN(c2ncc(Br)cc2F)CC1. The van der Waals surface area contributed by atoms with E-state index in [1.165, 1.54) is 6.07 Å². The summed E-state index contributed by atoms with van der Waals surface area (Å²) in [6, 6.07) is 1.69. The topological polar surface area (TPSA) is 42.1 Å². The van der Waals surface area contributed by atoms with Crippen LogP contribution < -0.4 is 10.6 Å². The van der Waals surface area contributed by atoms with Gasteiger partial charge in [-0.05, 0) is 34.8 Å². The second kappa shape index (κ2) is 4.45. The third-order valence-corrected chi connectivity index (χ3v) is 3.06. The third kappa shape index (κ3) is 2.46. The van der Waals surface area contributed by atoms with Crippen LogP contribution in [-0.2, 0) is 0 Å². The average Bonchev–Trinajstić information content (AvgIpc) is 2.20. The summed E-state index contributed by atoms with van der Waals surface area (Å²) in [7, 11) is 0. The van der Waals surface area contributed by atoms with Crippen LogP contribution in [0.2, 0.25) is 0 Å². The van der Waals surface area contributed by atoms with Crippen molar-refractivity contribution in [2.45, 2.75) is 18.9 Å². The Bertz CT molecular complexity index is 351. The average molecular weight is 274 g/mol. The fourth-order valence-electron chi connectivity index (χ4n) is 1.75. The van der Waals surface area contributed by atoms with Crippen molar-refractivity contribution >= 4 is 21.7 Å². The molecule has 1 aromatic rings. The zero-order valence-corrected chi connectivity index (χ0v) is 9.87. The van der Waals surface area contributed by atoms with Gasteiger partial charge in [-0.2, -0.15) is 0 Å². The molecule has 2 heterocycles. The summed E-state index contributed by atoms with van der Waals surface area (Å²) >= 11 is 3.19. The van der Waals surface area contributed by atoms with Crippen LogP contribution in [0.1, 0.15) is 12.8 Å². The Morgan fingerprint density at radius 1 is 1.47 bits per heavy atom. The molecule has 0 bridgehead atoms. The molecule has 0 radical (unpaired) electrons. The predicted molar refractivity (Wildman–Crippen MR) is 61.3 cm³/mol. The Hall–Kier alpha value is -0.680. The zero-order chi connectivity index (χ0) is 10.8. The number of nitrogens with two attached hydrogens (primary N) is 1. The lowest BCUT2D eigenvalue weighted by molar-refractivity contribution is 0.490. The van der Waals surface area contributed by atoms with Crippen LogP contribution in [0.3, 0.4) is 0 Å². The van der Waals surface area contributed by atoms with Gasteiger partial charge in [-0.15, -0.1) is 0 Å². The maximum Gasteiger partial charge on any atom is 0.166 e. The van der Waals surface area contributed by atoms with Gasteiger partial charge in [-0.25, -0.2) is 9.37 Å². The van der Waals surface area contributed by atoms with Crippen LogP contribution in [0.25, 0.3) is 0 Å². The molecule has 0 amide bonds. The van der Waals surface area contributed by atoms with Crippen molar-refractivity contribution < 1.29 is 4.39 Å². The molecule has 2 rings (SSSR count). The lowest BCUT2D eigenvalue weighted by atomic mass is 10.1. The van der Waals surface area contributed by atoms with E-state index in [4.69, 9.17) is 5.73 Å². The molecule has 3 nitrogen and oxygen atoms in total. The zero-order valence-electron chi connectivity index (χ0n) is 8.29. The van der Waals surface area contributed by atoms with Gasteiger partial charge >= 0.3 is 0 Å². The van der Waals surface area contributed by atoms with Crippen LogP contribution in [0, 0.1) is 5.82 Å². The molecule has 0 saturated carbocycles. The minimum absolute atomic E-state index is 0.250. The van der Waals surface area contributed by atoms with E-state index in [0.717, 1.165) is 25.9 Å². The van der Waals surface area contributed by atoms with Gasteiger partial charge in [0.2, 0.25) is 0 Å². The molecule has 1 aromatic heterocycles. The molecule has 0 atom stereocenters. The highest BCUT2D eigenvalue weighted by molar-refractivity contribution is 9.10. The van der Waals surface area contributed by atoms with Gasteiger partial charge < -0.3 is 10.6 Å². The number of anilines is 1. The Kier molecular flexibility index (Phi) is 3.21. The smallest absolute Gasteiger partial charge is 0.166 e. The summed E-state index contributed by atoms with van der Waals surface area (Å²) in [6.07, 6.45) is 3.42. The van der Waals surface area contributed by atoms with Crippen LogP contribution in [0.5, 0.6) is 0 Å². The van der Waals surface area contributed by atoms with Crippen molar-refractivity contribution in [2.24, 2.45) is 5.73 Å². The van der Waals surface area contributed by atoms with Gasteiger partial charge in [0.15, 0.2) is 11.6 Å². The normalized spacial score (nSPS) is 18.2. The predicted octanol–water partition coefficient (Wildman–Crippen LogP) is 1.91. The third-order valence-electron chi connectivity index (χ3n) is 2.63. The van der Waals surface area contributed by atoms with E-state index in [0.29, 0.717) is 10.3 Å². The van der Waals surface area contributed by atoms with E-state index in [-0.39, 0.29) is 11.9 Å². The minimum Gasteiger partial charge on any atom is -0.354 e. The molecule has 0 aliphatic carbocycles. The summed E-state index contributed by atoms with van der Waals surface area (Å²) in [4.78, 5) is 6.04. The second-order valence-corrected chi connectivity index (χ2v) is 4.70. The molecule has 1 saturated heterocycles. The van der Waals surface area contributed by atoms with Gasteiger partial charge in [-0.1, -0.05) is 0 Å². The molecule has 15 heavy (non-hydrogen) atoms. The summed E-state index contributed by atoms with van der Waals surface area (Å²) in [5.41, 5.74) is 5.79. The van der Waals surface area contributed by atoms with Crippen molar-refractivity contribution in [2.75, 3.05) is 18.0 Å². The molecular formula is C10H13BrFN3. The summed E-state index contributed by atoms with van der Waals surface area (Å²) in [5.74, 6) is 0.157. The fourth-order valence-corrected chi connectivity index (χ4v) is 2.05. The Balaban J connectivity index is 2.15. The van der Waals surface area contributed by atoms with Crippen molar-refractivity contribution in [1.29, 1.82) is 0 Å². The van der Waals surface area contributed by atoms with Crippen molar-refractivity contribution in [3.63, 3.8) is 0 Å². The van der Waals surface area contributed by atoms with Crippen LogP contribution >= 0.6 is 15.9 Å². The quantitative estimate of drug-likeness (QED) is 0.850. The molecule has 0 unspecified atom stereocenters. The number of hydrogen-bond donors (Lipinski definition) is 1. The summed E-state index contributed by atoms with van der Waals surface area (Å²) in [6.45, 7) is 1.57. The largest absolute Gasteiger partial charge is 0.354 e. The standard InChI is InChI=1S/C10H13BrFN3/c11-7-5-9(12)10(14-6-7)15-3-1-8(13)2-4-15/h5-6,8H,1-4,13H2. The first-order valence-electron chi connectivity index (χ1n) is 4.98. The highest BCUT2D eigenvalue weighted by Gasteiger charge is 2.19. The maximum absolute atomic E-state index is 13.6. The van der Waals surface area contributed by atoms with E-state index >= 15 is 0 Å². The molecule has 0 aromatic carbocycles. The van der Waals surface area contributed by atoms with Gasteiger partial charge in [0, 0.05) is 29.8 Å². The molecule has 0 spiro atoms. The number of rotatable bonds is 1. The number of piperidine rings is 1. The number of aromatic nitrogens is 1. The van der Waals surface area contributed by atoms with Crippen LogP contribution in [0.4, 0.5) is 10.2 Å². The molecule has 1 aliphatic rings. The van der Waals surface area contributed by atoms with E-state index in [9.17, 15) is 4.39 Å². The lowest BCUT2D eigenvalue weighted by Gasteiger charge is -2.31. The number of pyridine rings is 1. The number of halogens is 2. The first-order valence-corrected chi connectivity index (χ1v) is 5.77. The van der Waals surface area contributed by atoms with Crippen LogP contribution in [-0.4, -0.2) is 24.1 Å². The maximum atomic E-state index is 13.6. The fraction of sp³-hybridized carbons (Fsp3) is 0.500. The van der Waals surface area contributed by atoms with Crippen molar-refractivity contribution in [3.8, 4) is 0 Å². The molecule has 1 aliphatic heterocycles. The summed E-state index contributed by atoms with van der Waals surface area (Å²) in [5, 5.41) is 0. The first-order chi connectivity index (χ1) is 7.16. The van der Waals surface area contributed by atoms with E-state index < -0.39 is 0 Å². The van der Waals surface area contributed by atoms with Crippen molar-refractivity contribution in [3.05, 3.63) is 22.6 Å². The minimum atomic E-state index is -0.278. The Morgan fingerprint density at radius 2 is 2.13 bits per heavy atom. The van der Waals surface area contributed by atoms with Crippen molar-refractivity contribution in [1.82, 2.24) is 4.98 Å². The highest BCUT2D eigenvalue weighted by atomic mass is 79.9. The number of hydrogen-bond acceptors (Lipinski definition) is 3. The summed E-state index contributed by atoms with van der Waals surface area (Å²) < 4.78 is 14.2. The van der Waals surface area contributed by atoms with E-state index in [1.54, 1.807) is 6.20 Å². The Morgan fingerprint density at radius 3 is 2.73 bits per heavy atom. The van der Waals surface area contributed by atoms with E-state index in [1.807, 2.05) is 4.90 Å². The van der Waals surface area contributed by atoms with Gasteiger partial charge in [-0.3, -0.25) is 0 Å². The van der Waals surface area contributed by atoms with E-state index in [2.05, 4.69) is 20.9 Å². The lowest BCUT2D eigenvalue weighted by Crippen LogP contribution is -2.40.